The van der Waals surface area contributed by atoms with E-state index in [0.717, 1.165) is 18.4 Å². The van der Waals surface area contributed by atoms with Gasteiger partial charge in [0.05, 0.1) is 5.60 Å². The number of hydrogen-bond acceptors (Lipinski definition) is 2. The molecule has 82 valence electrons. The van der Waals surface area contributed by atoms with Crippen molar-refractivity contribution in [3.8, 4) is 0 Å². The third-order valence-corrected chi connectivity index (χ3v) is 2.59. The van der Waals surface area contributed by atoms with Crippen LogP contribution in [-0.4, -0.2) is 18.5 Å². The highest BCUT2D eigenvalue weighted by Crippen LogP contribution is 2.17. The predicted octanol–water partition coefficient (Wildman–Crippen LogP) is 3.12. The smallest absolute Gasteiger partial charge is 0.158 e. The van der Waals surface area contributed by atoms with E-state index < -0.39 is 0 Å². The van der Waals surface area contributed by atoms with Crippen LogP contribution in [0.5, 0.6) is 0 Å². The fourth-order valence-electron chi connectivity index (χ4n) is 1.24. The molecule has 0 aromatic carbocycles. The lowest BCUT2D eigenvalue weighted by molar-refractivity contribution is -0.117. The highest BCUT2D eigenvalue weighted by molar-refractivity contribution is 5.95. The van der Waals surface area contributed by atoms with Crippen LogP contribution in [0.1, 0.15) is 47.0 Å². The van der Waals surface area contributed by atoms with Crippen LogP contribution in [0.3, 0.4) is 0 Å². The summed E-state index contributed by atoms with van der Waals surface area (Å²) in [7, 11) is 1.68. The molecule has 0 aromatic rings. The number of carbonyl (C=O) groups excluding carboxylic acids is 1. The standard InChI is InChI=1S/C12H22O2/c1-6-10(7-2)11(13)8-9-12(3,4)14-5/h6H,7-9H2,1-5H3. The fraction of sp³-hybridized carbons (Fsp3) is 0.750. The van der Waals surface area contributed by atoms with Crippen LogP contribution in [-0.2, 0) is 9.53 Å². The minimum absolute atomic E-state index is 0.192. The van der Waals surface area contributed by atoms with Crippen LogP contribution < -0.4 is 0 Å². The second kappa shape index (κ2) is 5.97. The number of Topliss-reactive ketones (excluding diaryl/α,β-unsaturated/α-hetero) is 1. The van der Waals surface area contributed by atoms with Gasteiger partial charge in [0.1, 0.15) is 0 Å². The first-order valence-electron chi connectivity index (χ1n) is 5.20. The fourth-order valence-corrected chi connectivity index (χ4v) is 1.24. The van der Waals surface area contributed by atoms with Gasteiger partial charge in [-0.15, -0.1) is 0 Å². The van der Waals surface area contributed by atoms with Gasteiger partial charge < -0.3 is 4.74 Å². The van der Waals surface area contributed by atoms with E-state index in [0.29, 0.717) is 6.42 Å². The number of ether oxygens (including phenoxy) is 1. The molecule has 0 saturated heterocycles. The molecule has 0 unspecified atom stereocenters. The summed E-state index contributed by atoms with van der Waals surface area (Å²) >= 11 is 0. The zero-order chi connectivity index (χ0) is 11.2. The Morgan fingerprint density at radius 2 is 2.00 bits per heavy atom. The van der Waals surface area contributed by atoms with Crippen molar-refractivity contribution < 1.29 is 9.53 Å². The van der Waals surface area contributed by atoms with Gasteiger partial charge in [-0.05, 0) is 39.2 Å². The first-order chi connectivity index (χ1) is 6.46. The molecule has 0 aromatic heterocycles. The molecule has 2 nitrogen and oxygen atoms in total. The van der Waals surface area contributed by atoms with E-state index >= 15 is 0 Å². The molecule has 0 rings (SSSR count). The van der Waals surface area contributed by atoms with Crippen molar-refractivity contribution in [1.29, 1.82) is 0 Å². The van der Waals surface area contributed by atoms with Crippen molar-refractivity contribution in [2.45, 2.75) is 52.6 Å². The summed E-state index contributed by atoms with van der Waals surface area (Å²) in [5, 5.41) is 0. The second-order valence-corrected chi connectivity index (χ2v) is 4.05. The minimum Gasteiger partial charge on any atom is -0.379 e. The van der Waals surface area contributed by atoms with E-state index in [-0.39, 0.29) is 11.4 Å². The maximum absolute atomic E-state index is 11.6. The summed E-state index contributed by atoms with van der Waals surface area (Å²) in [6.45, 7) is 7.93. The lowest BCUT2D eigenvalue weighted by Gasteiger charge is -2.22. The van der Waals surface area contributed by atoms with E-state index in [1.165, 1.54) is 0 Å². The van der Waals surface area contributed by atoms with Crippen LogP contribution in [0.15, 0.2) is 11.6 Å². The van der Waals surface area contributed by atoms with Crippen LogP contribution in [0.25, 0.3) is 0 Å². The zero-order valence-electron chi connectivity index (χ0n) is 10.0. The number of hydrogen-bond donors (Lipinski definition) is 0. The van der Waals surface area contributed by atoms with Gasteiger partial charge in [-0.1, -0.05) is 13.0 Å². The third kappa shape index (κ3) is 4.56. The quantitative estimate of drug-likeness (QED) is 0.613. The molecule has 0 fully saturated rings. The number of rotatable bonds is 6. The topological polar surface area (TPSA) is 26.3 Å². The molecule has 0 saturated carbocycles. The van der Waals surface area contributed by atoms with Gasteiger partial charge in [-0.25, -0.2) is 0 Å². The molecular formula is C12H22O2. The van der Waals surface area contributed by atoms with Crippen molar-refractivity contribution in [3.63, 3.8) is 0 Å². The Morgan fingerprint density at radius 3 is 2.36 bits per heavy atom. The van der Waals surface area contributed by atoms with Gasteiger partial charge >= 0.3 is 0 Å². The molecule has 0 amide bonds. The van der Waals surface area contributed by atoms with Gasteiger partial charge in [0, 0.05) is 13.5 Å². The average molecular weight is 198 g/mol. The van der Waals surface area contributed by atoms with Crippen molar-refractivity contribution in [1.82, 2.24) is 0 Å². The number of carbonyl (C=O) groups is 1. The molecule has 0 aliphatic heterocycles. The predicted molar refractivity (Wildman–Crippen MR) is 59.4 cm³/mol. The molecule has 0 bridgehead atoms. The monoisotopic (exact) mass is 198 g/mol. The summed E-state index contributed by atoms with van der Waals surface area (Å²) in [6.07, 6.45) is 4.08. The Balaban J connectivity index is 4.09. The van der Waals surface area contributed by atoms with Crippen molar-refractivity contribution >= 4 is 5.78 Å². The first kappa shape index (κ1) is 13.4. The average Bonchev–Trinajstić information content (AvgIpc) is 2.17. The second-order valence-electron chi connectivity index (χ2n) is 4.05. The molecule has 0 heterocycles. The summed E-state index contributed by atoms with van der Waals surface area (Å²) in [5.74, 6) is 0.250. The lowest BCUT2D eigenvalue weighted by atomic mass is 9.97. The number of ketones is 1. The SMILES string of the molecule is CC=C(CC)C(=O)CCC(C)(C)OC. The largest absolute Gasteiger partial charge is 0.379 e. The van der Waals surface area contributed by atoms with E-state index in [1.54, 1.807) is 7.11 Å². The minimum atomic E-state index is -0.192. The Bertz CT molecular complexity index is 214. The van der Waals surface area contributed by atoms with Crippen LogP contribution in [0.2, 0.25) is 0 Å². The van der Waals surface area contributed by atoms with E-state index in [9.17, 15) is 4.79 Å². The van der Waals surface area contributed by atoms with E-state index in [2.05, 4.69) is 0 Å². The molecule has 0 aliphatic carbocycles. The van der Waals surface area contributed by atoms with Gasteiger partial charge in [-0.2, -0.15) is 0 Å². The summed E-state index contributed by atoms with van der Waals surface area (Å²) in [5.41, 5.74) is 0.735. The molecule has 2 heteroatoms. The molecule has 0 radical (unpaired) electrons. The van der Waals surface area contributed by atoms with Crippen molar-refractivity contribution in [3.05, 3.63) is 11.6 Å². The molecule has 0 spiro atoms. The molecule has 0 N–H and O–H groups in total. The van der Waals surface area contributed by atoms with Crippen LogP contribution >= 0.6 is 0 Å². The Morgan fingerprint density at radius 1 is 1.43 bits per heavy atom. The van der Waals surface area contributed by atoms with Gasteiger partial charge in [0.15, 0.2) is 5.78 Å². The Kier molecular flexibility index (Phi) is 5.70. The molecule has 0 aliphatic rings. The summed E-state index contributed by atoms with van der Waals surface area (Å²) in [4.78, 5) is 11.6. The van der Waals surface area contributed by atoms with Crippen LogP contribution in [0, 0.1) is 0 Å². The molecule has 14 heavy (non-hydrogen) atoms. The van der Waals surface area contributed by atoms with Crippen molar-refractivity contribution in [2.75, 3.05) is 7.11 Å². The summed E-state index contributed by atoms with van der Waals surface area (Å²) < 4.78 is 5.26. The number of allylic oxidation sites excluding steroid dienone is 2. The maximum atomic E-state index is 11.6. The van der Waals surface area contributed by atoms with Crippen LogP contribution in [0.4, 0.5) is 0 Å². The molecule has 0 atom stereocenters. The van der Waals surface area contributed by atoms with Gasteiger partial charge in [0.25, 0.3) is 0 Å². The first-order valence-corrected chi connectivity index (χ1v) is 5.20. The van der Waals surface area contributed by atoms with E-state index in [1.807, 2.05) is 33.8 Å². The highest BCUT2D eigenvalue weighted by atomic mass is 16.5. The van der Waals surface area contributed by atoms with Crippen molar-refractivity contribution in [2.24, 2.45) is 0 Å². The molecular weight excluding hydrogens is 176 g/mol. The lowest BCUT2D eigenvalue weighted by Crippen LogP contribution is -2.23. The van der Waals surface area contributed by atoms with Gasteiger partial charge in [-0.3, -0.25) is 4.79 Å². The van der Waals surface area contributed by atoms with Gasteiger partial charge in [0.2, 0.25) is 0 Å². The maximum Gasteiger partial charge on any atom is 0.158 e. The zero-order valence-corrected chi connectivity index (χ0v) is 10.0. The normalized spacial score (nSPS) is 13.1. The number of methoxy groups -OCH3 is 1. The Hall–Kier alpha value is -0.630. The third-order valence-electron chi connectivity index (χ3n) is 2.59. The van der Waals surface area contributed by atoms with E-state index in [4.69, 9.17) is 4.74 Å². The highest BCUT2D eigenvalue weighted by Gasteiger charge is 2.18. The summed E-state index contributed by atoms with van der Waals surface area (Å²) in [6, 6.07) is 0. The Labute approximate surface area is 87.3 Å².